The number of nitrogens with one attached hydrogen (secondary N) is 1. The Morgan fingerprint density at radius 3 is 2.56 bits per heavy atom. The average Bonchev–Trinajstić information content (AvgIpc) is 3.04. The number of thioether (sulfide) groups is 1. The molecule has 4 aromatic rings. The van der Waals surface area contributed by atoms with Gasteiger partial charge in [0, 0.05) is 18.0 Å². The molecule has 0 saturated carbocycles. The molecule has 160 valence electrons. The molecule has 8 heteroatoms. The van der Waals surface area contributed by atoms with Crippen molar-refractivity contribution in [3.63, 3.8) is 0 Å². The van der Waals surface area contributed by atoms with Gasteiger partial charge >= 0.3 is 0 Å². The van der Waals surface area contributed by atoms with E-state index < -0.39 is 0 Å². The number of amides is 1. The van der Waals surface area contributed by atoms with Crippen LogP contribution in [0.3, 0.4) is 0 Å². The van der Waals surface area contributed by atoms with Gasteiger partial charge in [0.2, 0.25) is 5.91 Å². The van der Waals surface area contributed by atoms with Crippen LogP contribution in [0.25, 0.3) is 5.95 Å². The quantitative estimate of drug-likeness (QED) is 0.495. The van der Waals surface area contributed by atoms with Gasteiger partial charge in [-0.1, -0.05) is 42.5 Å². The van der Waals surface area contributed by atoms with Gasteiger partial charge in [0.1, 0.15) is 18.2 Å². The van der Waals surface area contributed by atoms with Crippen LogP contribution in [-0.4, -0.2) is 31.4 Å². The number of hydrogen-bond donors (Lipinski definition) is 1. The first kappa shape index (κ1) is 20.3. The molecule has 0 unspecified atom stereocenters. The van der Waals surface area contributed by atoms with Crippen molar-refractivity contribution >= 4 is 23.5 Å². The lowest BCUT2D eigenvalue weighted by molar-refractivity contribution is -0.113. The van der Waals surface area contributed by atoms with Gasteiger partial charge in [-0.3, -0.25) is 4.79 Å². The summed E-state index contributed by atoms with van der Waals surface area (Å²) in [5, 5.41) is 7.58. The van der Waals surface area contributed by atoms with Crippen molar-refractivity contribution in [2.45, 2.75) is 18.8 Å². The second kappa shape index (κ2) is 8.84. The van der Waals surface area contributed by atoms with E-state index in [9.17, 15) is 4.79 Å². The molecule has 3 heterocycles. The zero-order chi connectivity index (χ0) is 21.9. The molecular weight excluding hydrogens is 422 g/mol. The van der Waals surface area contributed by atoms with Crippen molar-refractivity contribution in [2.24, 2.45) is 0 Å². The first-order valence-electron chi connectivity index (χ1n) is 10.2. The van der Waals surface area contributed by atoms with Crippen molar-refractivity contribution in [1.82, 2.24) is 19.7 Å². The molecule has 0 aliphatic carbocycles. The van der Waals surface area contributed by atoms with Crippen LogP contribution < -0.4 is 10.1 Å². The van der Waals surface area contributed by atoms with Crippen LogP contribution >= 0.6 is 11.8 Å². The van der Waals surface area contributed by atoms with Crippen LogP contribution in [0.5, 0.6) is 5.75 Å². The fraction of sp³-hybridized carbons (Fsp3) is 0.167. The predicted octanol–water partition coefficient (Wildman–Crippen LogP) is 4.32. The van der Waals surface area contributed by atoms with Gasteiger partial charge in [-0.15, -0.1) is 11.8 Å². The molecule has 1 N–H and O–H groups in total. The third-order valence-corrected chi connectivity index (χ3v) is 6.45. The maximum Gasteiger partial charge on any atom is 0.252 e. The van der Waals surface area contributed by atoms with Gasteiger partial charge in [-0.25, -0.2) is 9.97 Å². The van der Waals surface area contributed by atoms with Gasteiger partial charge < -0.3 is 10.1 Å². The average molecular weight is 444 g/mol. The highest BCUT2D eigenvalue weighted by molar-refractivity contribution is 8.00. The van der Waals surface area contributed by atoms with E-state index in [1.54, 1.807) is 34.9 Å². The van der Waals surface area contributed by atoms with Crippen LogP contribution in [0.15, 0.2) is 73.1 Å². The number of benzene rings is 2. The van der Waals surface area contributed by atoms with E-state index >= 15 is 0 Å². The zero-order valence-corrected chi connectivity index (χ0v) is 18.2. The molecule has 1 aliphatic heterocycles. The number of ether oxygens (including phenoxy) is 1. The van der Waals surface area contributed by atoms with E-state index in [4.69, 9.17) is 4.74 Å². The van der Waals surface area contributed by atoms with Gasteiger partial charge in [-0.2, -0.15) is 9.78 Å². The molecule has 0 saturated heterocycles. The Morgan fingerprint density at radius 2 is 1.81 bits per heavy atom. The van der Waals surface area contributed by atoms with Crippen molar-refractivity contribution < 1.29 is 9.53 Å². The smallest absolute Gasteiger partial charge is 0.252 e. The Bertz CT molecular complexity index is 1230. The van der Waals surface area contributed by atoms with Gasteiger partial charge in [0.25, 0.3) is 5.95 Å². The summed E-state index contributed by atoms with van der Waals surface area (Å²) in [7, 11) is 0. The summed E-state index contributed by atoms with van der Waals surface area (Å²) in [6.45, 7) is 2.46. The van der Waals surface area contributed by atoms with E-state index in [0.717, 1.165) is 28.1 Å². The fourth-order valence-corrected chi connectivity index (χ4v) is 4.86. The van der Waals surface area contributed by atoms with Gasteiger partial charge in [-0.05, 0) is 36.2 Å². The summed E-state index contributed by atoms with van der Waals surface area (Å²) >= 11 is 1.58. The SMILES string of the molecule is Cc1nn(-c2ncccn2)c2c1[C@@H](c1ccc(OCc3ccccc3)cc1)SCC(=O)N2. The maximum atomic E-state index is 12.5. The first-order valence-corrected chi connectivity index (χ1v) is 11.3. The summed E-state index contributed by atoms with van der Waals surface area (Å²) in [5.41, 5.74) is 4.00. The number of rotatable bonds is 5. The molecule has 32 heavy (non-hydrogen) atoms. The lowest BCUT2D eigenvalue weighted by atomic mass is 10.0. The van der Waals surface area contributed by atoms with E-state index in [1.165, 1.54) is 0 Å². The van der Waals surface area contributed by atoms with Crippen LogP contribution in [0.2, 0.25) is 0 Å². The number of carbonyl (C=O) groups excluding carboxylic acids is 1. The topological polar surface area (TPSA) is 81.9 Å². The predicted molar refractivity (Wildman–Crippen MR) is 124 cm³/mol. The normalized spacial score (nSPS) is 15.5. The lowest BCUT2D eigenvalue weighted by Gasteiger charge is -2.16. The fourth-order valence-electron chi connectivity index (χ4n) is 3.67. The standard InChI is InChI=1S/C24H21N5O2S/c1-16-21-22(18-8-10-19(11-9-18)31-14-17-6-3-2-4-7-17)32-15-20(30)27-23(21)29(28-16)24-25-12-5-13-26-24/h2-13,22H,14-15H2,1H3,(H,27,30)/t22-/m1/s1. The van der Waals surface area contributed by atoms with E-state index in [1.807, 2.05) is 61.5 Å². The van der Waals surface area contributed by atoms with Crippen molar-refractivity contribution in [1.29, 1.82) is 0 Å². The molecule has 2 aromatic heterocycles. The highest BCUT2D eigenvalue weighted by Crippen LogP contribution is 2.43. The van der Waals surface area contributed by atoms with Crippen molar-refractivity contribution in [3.8, 4) is 11.7 Å². The third kappa shape index (κ3) is 4.09. The number of anilines is 1. The van der Waals surface area contributed by atoms with E-state index in [0.29, 0.717) is 24.1 Å². The van der Waals surface area contributed by atoms with Crippen molar-refractivity contribution in [2.75, 3.05) is 11.1 Å². The molecule has 0 bridgehead atoms. The minimum atomic E-state index is -0.0707. The Kier molecular flexibility index (Phi) is 5.60. The molecule has 0 radical (unpaired) electrons. The van der Waals surface area contributed by atoms with E-state index in [-0.39, 0.29) is 11.2 Å². The second-order valence-corrected chi connectivity index (χ2v) is 8.48. The van der Waals surface area contributed by atoms with Crippen molar-refractivity contribution in [3.05, 3.63) is 95.4 Å². The Morgan fingerprint density at radius 1 is 1.06 bits per heavy atom. The number of fused-ring (bicyclic) bond motifs is 1. The summed E-state index contributed by atoms with van der Waals surface area (Å²) < 4.78 is 7.53. The van der Waals surface area contributed by atoms with Crippen LogP contribution in [-0.2, 0) is 11.4 Å². The molecular formula is C24H21N5O2S. The maximum absolute atomic E-state index is 12.5. The molecule has 0 fully saturated rings. The van der Waals surface area contributed by atoms with E-state index in [2.05, 4.69) is 20.4 Å². The molecule has 1 aliphatic rings. The molecule has 2 aromatic carbocycles. The molecule has 0 spiro atoms. The largest absolute Gasteiger partial charge is 0.489 e. The Balaban J connectivity index is 1.44. The lowest BCUT2D eigenvalue weighted by Crippen LogP contribution is -2.16. The third-order valence-electron chi connectivity index (χ3n) is 5.18. The minimum Gasteiger partial charge on any atom is -0.489 e. The molecule has 1 atom stereocenters. The van der Waals surface area contributed by atoms with Gasteiger partial charge in [0.15, 0.2) is 0 Å². The van der Waals surface area contributed by atoms with Crippen LogP contribution in [0.1, 0.15) is 27.6 Å². The number of aromatic nitrogens is 4. The van der Waals surface area contributed by atoms with Gasteiger partial charge in [0.05, 0.1) is 16.7 Å². The van der Waals surface area contributed by atoms with Crippen LogP contribution in [0.4, 0.5) is 5.82 Å². The monoisotopic (exact) mass is 443 g/mol. The highest BCUT2D eigenvalue weighted by atomic mass is 32.2. The number of hydrogen-bond acceptors (Lipinski definition) is 6. The summed E-state index contributed by atoms with van der Waals surface area (Å²) in [5.74, 6) is 2.13. The second-order valence-electron chi connectivity index (χ2n) is 7.39. The molecule has 5 rings (SSSR count). The molecule has 7 nitrogen and oxygen atoms in total. The Hall–Kier alpha value is -3.65. The first-order chi connectivity index (χ1) is 15.7. The minimum absolute atomic E-state index is 0.0513. The summed E-state index contributed by atoms with van der Waals surface area (Å²) in [4.78, 5) is 21.0. The zero-order valence-electron chi connectivity index (χ0n) is 17.4. The Labute approximate surface area is 189 Å². The number of nitrogens with zero attached hydrogens (tertiary/aromatic N) is 4. The number of carbonyl (C=O) groups is 1. The number of aryl methyl sites for hydroxylation is 1. The highest BCUT2D eigenvalue weighted by Gasteiger charge is 2.31. The van der Waals surface area contributed by atoms with Crippen LogP contribution in [0, 0.1) is 6.92 Å². The molecule has 1 amide bonds. The summed E-state index contributed by atoms with van der Waals surface area (Å²) in [6, 6.07) is 19.9. The summed E-state index contributed by atoms with van der Waals surface area (Å²) in [6.07, 6.45) is 3.31.